The maximum Gasteiger partial charge on any atom is 0.193 e. The molecule has 4 nitrogen and oxygen atoms in total. The van der Waals surface area contributed by atoms with E-state index < -0.39 is 0 Å². The number of nitrogens with zero attached hydrogens (tertiary/aromatic N) is 2. The normalized spacial score (nSPS) is 30.1. The summed E-state index contributed by atoms with van der Waals surface area (Å²) in [6.45, 7) is 2.74. The van der Waals surface area contributed by atoms with Crippen LogP contribution in [-0.2, 0) is 9.67 Å². The number of thioether (sulfide) groups is 1. The Balaban J connectivity index is 1.51. The van der Waals surface area contributed by atoms with Crippen LogP contribution in [0.2, 0.25) is 0 Å². The molecule has 3 aliphatic rings. The SMILES string of the molecule is CN(C[C@@H]1CS[C@@](c2ccccc2)(C2CCCCC2)O1)C1=NCCN1. The molecule has 1 aromatic carbocycles. The molecule has 1 aromatic rings. The molecule has 4 rings (SSSR count). The Kier molecular flexibility index (Phi) is 5.23. The van der Waals surface area contributed by atoms with E-state index in [1.807, 2.05) is 11.8 Å². The van der Waals surface area contributed by atoms with Gasteiger partial charge in [0.25, 0.3) is 0 Å². The lowest BCUT2D eigenvalue weighted by Crippen LogP contribution is -2.42. The number of aliphatic imine (C=N–C) groups is 1. The van der Waals surface area contributed by atoms with Crippen LogP contribution in [0.3, 0.4) is 0 Å². The summed E-state index contributed by atoms with van der Waals surface area (Å²) in [5, 5.41) is 3.36. The van der Waals surface area contributed by atoms with Crippen LogP contribution in [0.15, 0.2) is 35.3 Å². The van der Waals surface area contributed by atoms with Gasteiger partial charge in [-0.05, 0) is 18.4 Å². The first-order valence-corrected chi connectivity index (χ1v) is 10.6. The van der Waals surface area contributed by atoms with Gasteiger partial charge in [-0.15, -0.1) is 11.8 Å². The second-order valence-corrected chi connectivity index (χ2v) is 8.66. The van der Waals surface area contributed by atoms with Crippen molar-refractivity contribution in [2.45, 2.75) is 43.1 Å². The number of likely N-dealkylation sites (N-methyl/N-ethyl adjacent to an activating group) is 1. The molecule has 5 heteroatoms. The molecule has 1 saturated heterocycles. The zero-order chi connectivity index (χ0) is 17.1. The Labute approximate surface area is 155 Å². The summed E-state index contributed by atoms with van der Waals surface area (Å²) in [7, 11) is 2.12. The third-order valence-electron chi connectivity index (χ3n) is 5.64. The van der Waals surface area contributed by atoms with Gasteiger partial charge in [-0.2, -0.15) is 0 Å². The monoisotopic (exact) mass is 359 g/mol. The molecule has 0 spiro atoms. The van der Waals surface area contributed by atoms with Gasteiger partial charge in [0, 0.05) is 31.8 Å². The summed E-state index contributed by atoms with van der Waals surface area (Å²) in [6, 6.07) is 10.9. The largest absolute Gasteiger partial charge is 0.354 e. The van der Waals surface area contributed by atoms with E-state index in [1.54, 1.807) is 0 Å². The van der Waals surface area contributed by atoms with Crippen molar-refractivity contribution in [1.82, 2.24) is 10.2 Å². The summed E-state index contributed by atoms with van der Waals surface area (Å²) in [5.74, 6) is 2.71. The fourth-order valence-electron chi connectivity index (χ4n) is 4.41. The van der Waals surface area contributed by atoms with Crippen molar-refractivity contribution in [1.29, 1.82) is 0 Å². The second-order valence-electron chi connectivity index (χ2n) is 7.43. The molecule has 0 aromatic heterocycles. The third-order valence-corrected chi connectivity index (χ3v) is 7.27. The number of hydrogen-bond acceptors (Lipinski definition) is 5. The molecular weight excluding hydrogens is 330 g/mol. The molecule has 0 radical (unpaired) electrons. The average molecular weight is 360 g/mol. The van der Waals surface area contributed by atoms with Gasteiger partial charge in [0.1, 0.15) is 4.93 Å². The lowest BCUT2D eigenvalue weighted by atomic mass is 9.82. The maximum absolute atomic E-state index is 6.84. The Bertz CT molecular complexity index is 602. The zero-order valence-corrected chi connectivity index (χ0v) is 15.9. The molecule has 2 atom stereocenters. The summed E-state index contributed by atoms with van der Waals surface area (Å²) >= 11 is 2.03. The van der Waals surface area contributed by atoms with Gasteiger partial charge in [0.2, 0.25) is 0 Å². The first-order valence-electron chi connectivity index (χ1n) is 9.65. The van der Waals surface area contributed by atoms with Crippen molar-refractivity contribution in [2.24, 2.45) is 10.9 Å². The molecular formula is C20H29N3OS. The fraction of sp³-hybridized carbons (Fsp3) is 0.650. The van der Waals surface area contributed by atoms with Gasteiger partial charge in [-0.1, -0.05) is 49.6 Å². The summed E-state index contributed by atoms with van der Waals surface area (Å²) in [5.41, 5.74) is 1.35. The van der Waals surface area contributed by atoms with E-state index in [2.05, 4.69) is 52.6 Å². The molecule has 0 unspecified atom stereocenters. The molecule has 25 heavy (non-hydrogen) atoms. The highest BCUT2D eigenvalue weighted by Crippen LogP contribution is 2.54. The molecule has 1 aliphatic carbocycles. The quantitative estimate of drug-likeness (QED) is 0.893. The summed E-state index contributed by atoms with van der Waals surface area (Å²) < 4.78 is 6.84. The van der Waals surface area contributed by atoms with Crippen LogP contribution in [-0.4, -0.2) is 49.4 Å². The molecule has 136 valence electrons. The number of ether oxygens (including phenoxy) is 1. The van der Waals surface area contributed by atoms with Crippen LogP contribution in [0.25, 0.3) is 0 Å². The number of rotatable bonds is 4. The Hall–Kier alpha value is -1.20. The first-order chi connectivity index (χ1) is 12.3. The number of benzene rings is 1. The van der Waals surface area contributed by atoms with Crippen molar-refractivity contribution < 1.29 is 4.74 Å². The van der Waals surface area contributed by atoms with E-state index in [-0.39, 0.29) is 11.0 Å². The predicted molar refractivity (Wildman–Crippen MR) is 105 cm³/mol. The minimum Gasteiger partial charge on any atom is -0.354 e. The highest BCUT2D eigenvalue weighted by molar-refractivity contribution is 8.00. The Morgan fingerprint density at radius 3 is 2.76 bits per heavy atom. The Morgan fingerprint density at radius 2 is 2.04 bits per heavy atom. The second kappa shape index (κ2) is 7.58. The van der Waals surface area contributed by atoms with Gasteiger partial charge in [0.05, 0.1) is 12.6 Å². The fourth-order valence-corrected chi connectivity index (χ4v) is 5.99. The lowest BCUT2D eigenvalue weighted by Gasteiger charge is -2.39. The zero-order valence-electron chi connectivity index (χ0n) is 15.1. The van der Waals surface area contributed by atoms with Crippen LogP contribution in [0.4, 0.5) is 0 Å². The van der Waals surface area contributed by atoms with Crippen LogP contribution in [0.1, 0.15) is 37.7 Å². The number of nitrogens with one attached hydrogen (secondary N) is 1. The van der Waals surface area contributed by atoms with Gasteiger partial charge in [-0.25, -0.2) is 0 Å². The van der Waals surface area contributed by atoms with E-state index in [0.717, 1.165) is 31.3 Å². The molecule has 2 heterocycles. The maximum atomic E-state index is 6.84. The van der Waals surface area contributed by atoms with Gasteiger partial charge >= 0.3 is 0 Å². The number of hydrogen-bond donors (Lipinski definition) is 1. The third kappa shape index (κ3) is 3.54. The molecule has 0 amide bonds. The topological polar surface area (TPSA) is 36.9 Å². The van der Waals surface area contributed by atoms with Gasteiger partial charge in [-0.3, -0.25) is 4.99 Å². The molecule has 2 fully saturated rings. The van der Waals surface area contributed by atoms with Crippen molar-refractivity contribution in [3.8, 4) is 0 Å². The Morgan fingerprint density at radius 1 is 1.24 bits per heavy atom. The molecule has 1 N–H and O–H groups in total. The van der Waals surface area contributed by atoms with Crippen molar-refractivity contribution in [2.75, 3.05) is 32.4 Å². The van der Waals surface area contributed by atoms with Crippen molar-refractivity contribution >= 4 is 17.7 Å². The molecule has 1 saturated carbocycles. The van der Waals surface area contributed by atoms with Crippen LogP contribution < -0.4 is 5.32 Å². The summed E-state index contributed by atoms with van der Waals surface area (Å²) in [6.07, 6.45) is 6.89. The highest BCUT2D eigenvalue weighted by Gasteiger charge is 2.48. The minimum absolute atomic E-state index is 0.155. The number of guanidine groups is 1. The van der Waals surface area contributed by atoms with Crippen molar-refractivity contribution in [3.63, 3.8) is 0 Å². The average Bonchev–Trinajstić information content (AvgIpc) is 3.34. The molecule has 0 bridgehead atoms. The van der Waals surface area contributed by atoms with Gasteiger partial charge in [0.15, 0.2) is 5.96 Å². The van der Waals surface area contributed by atoms with E-state index in [4.69, 9.17) is 4.74 Å². The standard InChI is InChI=1S/C20H29N3OS/c1-23(19-21-12-13-22-19)14-18-15-25-20(24-18,16-8-4-2-5-9-16)17-10-6-3-7-11-17/h2,4-5,8-9,17-18H,3,6-7,10-15H2,1H3,(H,21,22)/t18-,20+/m1/s1. The van der Waals surface area contributed by atoms with Crippen LogP contribution in [0.5, 0.6) is 0 Å². The summed E-state index contributed by atoms with van der Waals surface area (Å²) in [4.78, 5) is 6.60. The van der Waals surface area contributed by atoms with Crippen LogP contribution in [0, 0.1) is 5.92 Å². The lowest BCUT2D eigenvalue weighted by molar-refractivity contribution is -0.0597. The van der Waals surface area contributed by atoms with Crippen molar-refractivity contribution in [3.05, 3.63) is 35.9 Å². The van der Waals surface area contributed by atoms with Crippen LogP contribution >= 0.6 is 11.8 Å². The first kappa shape index (κ1) is 17.2. The van der Waals surface area contributed by atoms with E-state index in [0.29, 0.717) is 5.92 Å². The highest BCUT2D eigenvalue weighted by atomic mass is 32.2. The van der Waals surface area contributed by atoms with E-state index >= 15 is 0 Å². The smallest absolute Gasteiger partial charge is 0.193 e. The van der Waals surface area contributed by atoms with E-state index in [9.17, 15) is 0 Å². The van der Waals surface area contributed by atoms with E-state index in [1.165, 1.54) is 37.7 Å². The predicted octanol–water partition coefficient (Wildman–Crippen LogP) is 3.44. The van der Waals surface area contributed by atoms with Gasteiger partial charge < -0.3 is 15.0 Å². The molecule has 2 aliphatic heterocycles. The minimum atomic E-state index is -0.155.